The van der Waals surface area contributed by atoms with Gasteiger partial charge in [0, 0.05) is 16.0 Å². The Morgan fingerprint density at radius 1 is 0.829 bits per heavy atom. The molecule has 4 N–H and O–H groups in total. The number of nitrogen functional groups attached to an aromatic ring is 1. The van der Waals surface area contributed by atoms with E-state index in [2.05, 4.69) is 20.8 Å². The molecule has 2 aromatic heterocycles. The van der Waals surface area contributed by atoms with Crippen LogP contribution in [0.15, 0.2) is 91.0 Å². The number of rotatable bonds is 5. The van der Waals surface area contributed by atoms with Crippen molar-refractivity contribution >= 4 is 50.6 Å². The number of urea groups is 1. The molecule has 172 valence electrons. The average molecular weight is 482 g/mol. The van der Waals surface area contributed by atoms with Crippen LogP contribution in [0.2, 0.25) is 0 Å². The van der Waals surface area contributed by atoms with Crippen molar-refractivity contribution < 1.29 is 14.3 Å². The summed E-state index contributed by atoms with van der Waals surface area (Å²) < 4.78 is 6.50. The van der Waals surface area contributed by atoms with Crippen LogP contribution in [-0.2, 0) is 0 Å². The zero-order valence-corrected chi connectivity index (χ0v) is 19.1. The first-order chi connectivity index (χ1) is 17.0. The van der Waals surface area contributed by atoms with E-state index in [9.17, 15) is 9.59 Å². The molecule has 0 spiro atoms. The zero-order valence-electron chi connectivity index (χ0n) is 18.3. The van der Waals surface area contributed by atoms with Gasteiger partial charge in [0.05, 0.1) is 11.4 Å². The Hall–Kier alpha value is -4.76. The summed E-state index contributed by atoms with van der Waals surface area (Å²) in [6, 6.07) is 26.4. The zero-order chi connectivity index (χ0) is 24.2. The summed E-state index contributed by atoms with van der Waals surface area (Å²) in [6.45, 7) is 0. The molecule has 35 heavy (non-hydrogen) atoms. The van der Waals surface area contributed by atoms with Gasteiger partial charge in [-0.05, 0) is 53.9 Å². The number of esters is 1. The molecule has 0 fully saturated rings. The maximum atomic E-state index is 12.8. The molecule has 0 saturated carbocycles. The minimum Gasteiger partial charge on any atom is -0.420 e. The fourth-order valence-corrected chi connectivity index (χ4v) is 4.32. The van der Waals surface area contributed by atoms with Gasteiger partial charge in [0.1, 0.15) is 4.88 Å². The monoisotopic (exact) mass is 481 g/mol. The van der Waals surface area contributed by atoms with Crippen LogP contribution in [0.3, 0.4) is 0 Å². The summed E-state index contributed by atoms with van der Waals surface area (Å²) in [7, 11) is 0. The normalized spacial score (nSPS) is 10.6. The van der Waals surface area contributed by atoms with Crippen molar-refractivity contribution in [3.63, 3.8) is 0 Å². The number of hydrogen-bond donors (Lipinski definition) is 3. The van der Waals surface area contributed by atoms with Gasteiger partial charge in [-0.1, -0.05) is 42.5 Å². The van der Waals surface area contributed by atoms with E-state index in [1.165, 1.54) is 11.3 Å². The van der Waals surface area contributed by atoms with E-state index in [1.54, 1.807) is 54.6 Å². The number of nitrogens with zero attached hydrogens (tertiary/aromatic N) is 2. The molecule has 0 aliphatic carbocycles. The predicted octanol–water partition coefficient (Wildman–Crippen LogP) is 5.80. The van der Waals surface area contributed by atoms with Crippen molar-refractivity contribution in [2.75, 3.05) is 16.4 Å². The van der Waals surface area contributed by atoms with Crippen LogP contribution in [0.25, 0.3) is 21.3 Å². The third-order valence-electron chi connectivity index (χ3n) is 5.06. The van der Waals surface area contributed by atoms with E-state index >= 15 is 0 Å². The van der Waals surface area contributed by atoms with Crippen LogP contribution in [0.5, 0.6) is 5.75 Å². The molecule has 9 heteroatoms. The van der Waals surface area contributed by atoms with Crippen molar-refractivity contribution in [3.8, 4) is 17.0 Å². The number of anilines is 3. The summed E-state index contributed by atoms with van der Waals surface area (Å²) in [5.41, 5.74) is 8.39. The number of ether oxygens (including phenoxy) is 1. The van der Waals surface area contributed by atoms with E-state index in [0.29, 0.717) is 21.9 Å². The molecule has 8 nitrogen and oxygen atoms in total. The number of benzene rings is 3. The Bertz CT molecular complexity index is 1520. The standard InChI is InChI=1S/C26H19N5O3S/c27-18-10-12-22-17(14-18)15-23(35-22)25(32)34-21-9-5-4-8-20(21)28-26(33)29-24-13-11-19(30-31-24)16-6-2-1-3-7-16/h1-15H,27H2,(H2,28,29,31,33). The number of nitrogens with two attached hydrogens (primary N) is 1. The van der Waals surface area contributed by atoms with Gasteiger partial charge in [-0.15, -0.1) is 21.5 Å². The molecule has 5 rings (SSSR count). The van der Waals surface area contributed by atoms with Crippen molar-refractivity contribution in [2.24, 2.45) is 0 Å². The van der Waals surface area contributed by atoms with Gasteiger partial charge in [-0.25, -0.2) is 9.59 Å². The Morgan fingerprint density at radius 2 is 1.63 bits per heavy atom. The number of fused-ring (bicyclic) bond motifs is 1. The van der Waals surface area contributed by atoms with E-state index in [-0.39, 0.29) is 11.6 Å². The molecular formula is C26H19N5O3S. The first kappa shape index (κ1) is 22.1. The van der Waals surface area contributed by atoms with Gasteiger partial charge in [0.15, 0.2) is 11.6 Å². The van der Waals surface area contributed by atoms with Crippen molar-refractivity contribution in [2.45, 2.75) is 0 Å². The van der Waals surface area contributed by atoms with Gasteiger partial charge in [-0.3, -0.25) is 5.32 Å². The quantitative estimate of drug-likeness (QED) is 0.166. The largest absolute Gasteiger partial charge is 0.420 e. The summed E-state index contributed by atoms with van der Waals surface area (Å²) in [6.07, 6.45) is 0. The molecule has 2 amide bonds. The summed E-state index contributed by atoms with van der Waals surface area (Å²) in [4.78, 5) is 25.7. The van der Waals surface area contributed by atoms with E-state index in [1.807, 2.05) is 36.4 Å². The van der Waals surface area contributed by atoms with Crippen molar-refractivity contribution in [1.82, 2.24) is 10.2 Å². The molecular weight excluding hydrogens is 462 g/mol. The fraction of sp³-hybridized carbons (Fsp3) is 0. The molecule has 0 unspecified atom stereocenters. The third kappa shape index (κ3) is 5.10. The lowest BCUT2D eigenvalue weighted by atomic mass is 10.1. The van der Waals surface area contributed by atoms with E-state index < -0.39 is 12.0 Å². The van der Waals surface area contributed by atoms with Crippen LogP contribution in [0.1, 0.15) is 9.67 Å². The van der Waals surface area contributed by atoms with Crippen LogP contribution < -0.4 is 21.1 Å². The number of hydrogen-bond acceptors (Lipinski definition) is 7. The SMILES string of the molecule is Nc1ccc2sc(C(=O)Oc3ccccc3NC(=O)Nc3ccc(-c4ccccc4)nn3)cc2c1. The highest BCUT2D eigenvalue weighted by molar-refractivity contribution is 7.20. The molecule has 0 aliphatic heterocycles. The van der Waals surface area contributed by atoms with Crippen LogP contribution in [0.4, 0.5) is 22.0 Å². The van der Waals surface area contributed by atoms with Crippen LogP contribution in [-0.4, -0.2) is 22.2 Å². The smallest absolute Gasteiger partial charge is 0.353 e. The Balaban J connectivity index is 1.26. The number of nitrogens with one attached hydrogen (secondary N) is 2. The lowest BCUT2D eigenvalue weighted by molar-refractivity contribution is 0.0741. The lowest BCUT2D eigenvalue weighted by Crippen LogP contribution is -2.21. The molecule has 2 heterocycles. The molecule has 0 aliphatic rings. The Labute approximate surface area is 204 Å². The summed E-state index contributed by atoms with van der Waals surface area (Å²) in [5.74, 6) is -0.0295. The molecule has 0 bridgehead atoms. The first-order valence-corrected chi connectivity index (χ1v) is 11.4. The molecule has 3 aromatic carbocycles. The number of carbonyl (C=O) groups is 2. The number of aromatic nitrogens is 2. The first-order valence-electron chi connectivity index (χ1n) is 10.6. The number of carbonyl (C=O) groups excluding carboxylic acids is 2. The fourth-order valence-electron chi connectivity index (χ4n) is 3.40. The predicted molar refractivity (Wildman–Crippen MR) is 138 cm³/mol. The second-order valence-corrected chi connectivity index (χ2v) is 8.63. The topological polar surface area (TPSA) is 119 Å². The summed E-state index contributed by atoms with van der Waals surface area (Å²) in [5, 5.41) is 14.4. The highest BCUT2D eigenvalue weighted by atomic mass is 32.1. The minimum absolute atomic E-state index is 0.218. The van der Waals surface area contributed by atoms with Gasteiger partial charge < -0.3 is 15.8 Å². The Morgan fingerprint density at radius 3 is 2.43 bits per heavy atom. The van der Waals surface area contributed by atoms with E-state index in [0.717, 1.165) is 15.6 Å². The van der Waals surface area contributed by atoms with Gasteiger partial charge in [-0.2, -0.15) is 0 Å². The lowest BCUT2D eigenvalue weighted by Gasteiger charge is -2.11. The summed E-state index contributed by atoms with van der Waals surface area (Å²) >= 11 is 1.31. The van der Waals surface area contributed by atoms with Gasteiger partial charge >= 0.3 is 12.0 Å². The van der Waals surface area contributed by atoms with Crippen molar-refractivity contribution in [3.05, 3.63) is 95.9 Å². The maximum absolute atomic E-state index is 12.8. The number of para-hydroxylation sites is 2. The van der Waals surface area contributed by atoms with Crippen LogP contribution >= 0.6 is 11.3 Å². The Kier molecular flexibility index (Phi) is 6.06. The average Bonchev–Trinajstić information content (AvgIpc) is 3.30. The van der Waals surface area contributed by atoms with E-state index in [4.69, 9.17) is 10.5 Å². The third-order valence-corrected chi connectivity index (χ3v) is 6.15. The molecule has 0 saturated heterocycles. The number of thiophene rings is 1. The van der Waals surface area contributed by atoms with Gasteiger partial charge in [0.25, 0.3) is 0 Å². The molecule has 0 atom stereocenters. The van der Waals surface area contributed by atoms with Crippen LogP contribution in [0, 0.1) is 0 Å². The number of amides is 2. The highest BCUT2D eigenvalue weighted by Crippen LogP contribution is 2.30. The van der Waals surface area contributed by atoms with Crippen molar-refractivity contribution in [1.29, 1.82) is 0 Å². The minimum atomic E-state index is -0.549. The second kappa shape index (κ2) is 9.62. The maximum Gasteiger partial charge on any atom is 0.353 e. The molecule has 5 aromatic rings. The highest BCUT2D eigenvalue weighted by Gasteiger charge is 2.16. The van der Waals surface area contributed by atoms with Gasteiger partial charge in [0.2, 0.25) is 0 Å². The molecule has 0 radical (unpaired) electrons. The second-order valence-electron chi connectivity index (χ2n) is 7.54.